The molecule has 130 valence electrons. The molecule has 0 saturated carbocycles. The van der Waals surface area contributed by atoms with Crippen LogP contribution in [0, 0.1) is 0 Å². The summed E-state index contributed by atoms with van der Waals surface area (Å²) in [6, 6.07) is 0.603. The highest BCUT2D eigenvalue weighted by Crippen LogP contribution is 2.34. The monoisotopic (exact) mass is 322 g/mol. The first-order valence-electron chi connectivity index (χ1n) is 9.10. The highest BCUT2D eigenvalue weighted by atomic mass is 16.6. The Balaban J connectivity index is 1.48. The molecule has 0 N–H and O–H groups in total. The SMILES string of the molecule is CCOC(=O)N1CCC(N2CCC3(C=C(C)CCO3)CC2)CC1. The molecule has 2 saturated heterocycles. The summed E-state index contributed by atoms with van der Waals surface area (Å²) in [6.45, 7) is 9.27. The predicted molar refractivity (Wildman–Crippen MR) is 89.5 cm³/mol. The van der Waals surface area contributed by atoms with Crippen LogP contribution in [0.1, 0.15) is 46.0 Å². The van der Waals surface area contributed by atoms with Crippen molar-refractivity contribution in [1.29, 1.82) is 0 Å². The van der Waals surface area contributed by atoms with Gasteiger partial charge in [-0.25, -0.2) is 4.79 Å². The van der Waals surface area contributed by atoms with Crippen molar-refractivity contribution in [1.82, 2.24) is 9.80 Å². The third-order valence-corrected chi connectivity index (χ3v) is 5.55. The quantitative estimate of drug-likeness (QED) is 0.733. The molecule has 0 bridgehead atoms. The van der Waals surface area contributed by atoms with Crippen molar-refractivity contribution in [3.63, 3.8) is 0 Å². The third kappa shape index (κ3) is 3.89. The summed E-state index contributed by atoms with van der Waals surface area (Å²) in [5.74, 6) is 0. The zero-order valence-electron chi connectivity index (χ0n) is 14.6. The van der Waals surface area contributed by atoms with Crippen LogP contribution < -0.4 is 0 Å². The molecule has 1 amide bonds. The maximum absolute atomic E-state index is 11.8. The molecule has 0 aliphatic carbocycles. The molecular weight excluding hydrogens is 292 g/mol. The van der Waals surface area contributed by atoms with Crippen LogP contribution in [-0.2, 0) is 9.47 Å². The number of nitrogens with zero attached hydrogens (tertiary/aromatic N) is 2. The first-order valence-corrected chi connectivity index (χ1v) is 9.10. The second-order valence-corrected chi connectivity index (χ2v) is 7.11. The summed E-state index contributed by atoms with van der Waals surface area (Å²) in [5, 5.41) is 0. The lowest BCUT2D eigenvalue weighted by Gasteiger charge is -2.46. The molecular formula is C18H30N2O3. The third-order valence-electron chi connectivity index (χ3n) is 5.55. The van der Waals surface area contributed by atoms with Gasteiger partial charge < -0.3 is 19.3 Å². The number of ether oxygens (including phenoxy) is 2. The van der Waals surface area contributed by atoms with E-state index in [2.05, 4.69) is 17.9 Å². The van der Waals surface area contributed by atoms with Gasteiger partial charge in [0.25, 0.3) is 0 Å². The number of hydrogen-bond acceptors (Lipinski definition) is 4. The van der Waals surface area contributed by atoms with E-state index in [4.69, 9.17) is 9.47 Å². The topological polar surface area (TPSA) is 42.0 Å². The standard InChI is InChI=1S/C18H30N2O3/c1-3-22-17(21)20-9-4-16(5-10-20)19-11-7-18(8-12-19)14-15(2)6-13-23-18/h14,16H,3-13H2,1-2H3. The Morgan fingerprint density at radius 2 is 2.00 bits per heavy atom. The Hall–Kier alpha value is -1.07. The van der Waals surface area contributed by atoms with E-state index in [1.807, 2.05) is 11.8 Å². The molecule has 23 heavy (non-hydrogen) atoms. The van der Waals surface area contributed by atoms with Gasteiger partial charge in [-0.3, -0.25) is 0 Å². The summed E-state index contributed by atoms with van der Waals surface area (Å²) >= 11 is 0. The summed E-state index contributed by atoms with van der Waals surface area (Å²) in [5.41, 5.74) is 1.48. The van der Waals surface area contributed by atoms with Crippen LogP contribution in [0.5, 0.6) is 0 Å². The fourth-order valence-corrected chi connectivity index (χ4v) is 4.16. The summed E-state index contributed by atoms with van der Waals surface area (Å²) in [7, 11) is 0. The highest BCUT2D eigenvalue weighted by Gasteiger charge is 2.38. The van der Waals surface area contributed by atoms with E-state index in [9.17, 15) is 4.79 Å². The number of likely N-dealkylation sites (tertiary alicyclic amines) is 2. The largest absolute Gasteiger partial charge is 0.450 e. The molecule has 0 aromatic carbocycles. The molecule has 3 rings (SSSR count). The van der Waals surface area contributed by atoms with Crippen molar-refractivity contribution in [3.8, 4) is 0 Å². The second-order valence-electron chi connectivity index (χ2n) is 7.11. The van der Waals surface area contributed by atoms with Gasteiger partial charge in [0.1, 0.15) is 0 Å². The molecule has 2 fully saturated rings. The van der Waals surface area contributed by atoms with Gasteiger partial charge in [0.2, 0.25) is 0 Å². The molecule has 0 atom stereocenters. The number of hydrogen-bond donors (Lipinski definition) is 0. The fourth-order valence-electron chi connectivity index (χ4n) is 4.16. The Morgan fingerprint density at radius 3 is 2.61 bits per heavy atom. The molecule has 5 heteroatoms. The van der Waals surface area contributed by atoms with Gasteiger partial charge in [-0.05, 0) is 46.0 Å². The van der Waals surface area contributed by atoms with Crippen LogP contribution in [0.3, 0.4) is 0 Å². The Bertz CT molecular complexity index is 447. The van der Waals surface area contributed by atoms with Gasteiger partial charge in [0.05, 0.1) is 18.8 Å². The van der Waals surface area contributed by atoms with Crippen LogP contribution in [-0.4, -0.2) is 66.9 Å². The van der Waals surface area contributed by atoms with Gasteiger partial charge in [0, 0.05) is 32.2 Å². The van der Waals surface area contributed by atoms with E-state index in [1.165, 1.54) is 5.57 Å². The van der Waals surface area contributed by atoms with E-state index >= 15 is 0 Å². The van der Waals surface area contributed by atoms with Crippen molar-refractivity contribution < 1.29 is 14.3 Å². The molecule has 0 unspecified atom stereocenters. The lowest BCUT2D eigenvalue weighted by molar-refractivity contribution is -0.0659. The van der Waals surface area contributed by atoms with Crippen LogP contribution in [0.2, 0.25) is 0 Å². The highest BCUT2D eigenvalue weighted by molar-refractivity contribution is 5.67. The van der Waals surface area contributed by atoms with Gasteiger partial charge in [-0.2, -0.15) is 0 Å². The van der Waals surface area contributed by atoms with E-state index < -0.39 is 0 Å². The maximum Gasteiger partial charge on any atom is 0.409 e. The first kappa shape index (κ1) is 16.8. The van der Waals surface area contributed by atoms with Crippen LogP contribution in [0.25, 0.3) is 0 Å². The van der Waals surface area contributed by atoms with Crippen molar-refractivity contribution in [2.75, 3.05) is 39.4 Å². The Kier molecular flexibility index (Phi) is 5.27. The molecule has 0 aromatic heterocycles. The number of amides is 1. The Morgan fingerprint density at radius 1 is 1.30 bits per heavy atom. The molecule has 0 radical (unpaired) electrons. The number of piperidine rings is 2. The van der Waals surface area contributed by atoms with E-state index in [1.54, 1.807) is 0 Å². The summed E-state index contributed by atoms with van der Waals surface area (Å²) < 4.78 is 11.2. The smallest absolute Gasteiger partial charge is 0.409 e. The average molecular weight is 322 g/mol. The van der Waals surface area contributed by atoms with Crippen molar-refractivity contribution >= 4 is 6.09 Å². The van der Waals surface area contributed by atoms with E-state index in [-0.39, 0.29) is 11.7 Å². The van der Waals surface area contributed by atoms with E-state index in [0.29, 0.717) is 12.6 Å². The van der Waals surface area contributed by atoms with Gasteiger partial charge >= 0.3 is 6.09 Å². The number of carbonyl (C=O) groups excluding carboxylic acids is 1. The predicted octanol–water partition coefficient (Wildman–Crippen LogP) is 2.81. The van der Waals surface area contributed by atoms with Crippen LogP contribution in [0.15, 0.2) is 11.6 Å². The maximum atomic E-state index is 11.8. The minimum atomic E-state index is -0.153. The lowest BCUT2D eigenvalue weighted by Crippen LogP contribution is -2.53. The average Bonchev–Trinajstić information content (AvgIpc) is 2.56. The lowest BCUT2D eigenvalue weighted by atomic mass is 9.86. The van der Waals surface area contributed by atoms with Gasteiger partial charge in [-0.15, -0.1) is 0 Å². The normalized spacial score (nSPS) is 26.2. The Labute approximate surface area is 139 Å². The zero-order valence-corrected chi connectivity index (χ0v) is 14.6. The summed E-state index contributed by atoms with van der Waals surface area (Å²) in [4.78, 5) is 16.2. The van der Waals surface area contributed by atoms with Crippen molar-refractivity contribution in [2.45, 2.75) is 57.6 Å². The minimum Gasteiger partial charge on any atom is -0.450 e. The van der Waals surface area contributed by atoms with Crippen LogP contribution >= 0.6 is 0 Å². The fraction of sp³-hybridized carbons (Fsp3) is 0.833. The van der Waals surface area contributed by atoms with Gasteiger partial charge in [0.15, 0.2) is 0 Å². The second kappa shape index (κ2) is 7.22. The van der Waals surface area contributed by atoms with Crippen molar-refractivity contribution in [3.05, 3.63) is 11.6 Å². The molecule has 5 nitrogen and oxygen atoms in total. The molecule has 0 aromatic rings. The summed E-state index contributed by atoms with van der Waals surface area (Å²) in [6.07, 6.45) is 7.61. The number of rotatable bonds is 2. The zero-order chi connectivity index (χ0) is 16.3. The molecule has 3 aliphatic heterocycles. The molecule has 3 heterocycles. The minimum absolute atomic E-state index is 0.00443. The van der Waals surface area contributed by atoms with Crippen LogP contribution in [0.4, 0.5) is 4.79 Å². The van der Waals surface area contributed by atoms with E-state index in [0.717, 1.165) is 64.9 Å². The first-order chi connectivity index (χ1) is 11.1. The molecule has 1 spiro atoms. The number of carbonyl (C=O) groups is 1. The van der Waals surface area contributed by atoms with Gasteiger partial charge in [-0.1, -0.05) is 11.6 Å². The van der Waals surface area contributed by atoms with Crippen molar-refractivity contribution in [2.24, 2.45) is 0 Å². The molecule has 3 aliphatic rings.